The van der Waals surface area contributed by atoms with Gasteiger partial charge in [0.2, 0.25) is 0 Å². The number of rotatable bonds is 8. The molecular formula is C13H22O5. The van der Waals surface area contributed by atoms with Crippen LogP contribution in [0.5, 0.6) is 0 Å². The summed E-state index contributed by atoms with van der Waals surface area (Å²) in [7, 11) is 0. The molecule has 1 rings (SSSR count). The topological polar surface area (TPSA) is 61.8 Å². The maximum absolute atomic E-state index is 11.5. The third kappa shape index (κ3) is 4.74. The normalized spacial score (nSPS) is 17.7. The van der Waals surface area contributed by atoms with E-state index >= 15 is 0 Å². The molecule has 1 aliphatic heterocycles. The Labute approximate surface area is 108 Å². The van der Waals surface area contributed by atoms with E-state index in [2.05, 4.69) is 0 Å². The van der Waals surface area contributed by atoms with E-state index in [4.69, 9.17) is 14.2 Å². The van der Waals surface area contributed by atoms with E-state index in [1.165, 1.54) is 0 Å². The van der Waals surface area contributed by atoms with E-state index in [0.29, 0.717) is 39.1 Å². The Morgan fingerprint density at radius 3 is 2.44 bits per heavy atom. The van der Waals surface area contributed by atoms with Crippen LogP contribution in [0.1, 0.15) is 46.0 Å². The minimum Gasteiger partial charge on any atom is -0.466 e. The van der Waals surface area contributed by atoms with Gasteiger partial charge in [-0.3, -0.25) is 9.59 Å². The van der Waals surface area contributed by atoms with Crippen molar-refractivity contribution in [2.45, 2.75) is 51.7 Å². The molecule has 0 aliphatic carbocycles. The van der Waals surface area contributed by atoms with E-state index in [1.54, 1.807) is 6.92 Å². The zero-order valence-electron chi connectivity index (χ0n) is 11.2. The number of esters is 1. The second kappa shape index (κ2) is 7.48. The van der Waals surface area contributed by atoms with Crippen molar-refractivity contribution in [1.29, 1.82) is 0 Å². The third-order valence-electron chi connectivity index (χ3n) is 3.01. The molecule has 0 aromatic heterocycles. The van der Waals surface area contributed by atoms with Crippen LogP contribution in [0.4, 0.5) is 0 Å². The van der Waals surface area contributed by atoms with Crippen LogP contribution in [0.2, 0.25) is 0 Å². The number of Topliss-reactive ketones (excluding diaryl/α,β-unsaturated/α-hetero) is 1. The summed E-state index contributed by atoms with van der Waals surface area (Å²) in [5.41, 5.74) is 0. The molecule has 0 atom stereocenters. The lowest BCUT2D eigenvalue weighted by molar-refractivity contribution is -0.164. The maximum atomic E-state index is 11.5. The summed E-state index contributed by atoms with van der Waals surface area (Å²) in [5, 5.41) is 0. The molecule has 0 spiro atoms. The molecule has 18 heavy (non-hydrogen) atoms. The van der Waals surface area contributed by atoms with Gasteiger partial charge in [-0.15, -0.1) is 0 Å². The second-order valence-corrected chi connectivity index (χ2v) is 4.34. The number of hydrogen-bond donors (Lipinski definition) is 0. The number of hydrogen-bond acceptors (Lipinski definition) is 5. The first kappa shape index (κ1) is 15.1. The minimum absolute atomic E-state index is 0.0855. The molecule has 0 radical (unpaired) electrons. The SMILES string of the molecule is CCOC(=O)CC(=O)CCCC1(CC)OCCO1. The van der Waals surface area contributed by atoms with Gasteiger partial charge in [0.25, 0.3) is 0 Å². The number of carbonyl (C=O) groups excluding carboxylic acids is 2. The van der Waals surface area contributed by atoms with Crippen molar-refractivity contribution < 1.29 is 23.8 Å². The molecule has 104 valence electrons. The Balaban J connectivity index is 2.20. The first-order valence-electron chi connectivity index (χ1n) is 6.57. The first-order valence-corrected chi connectivity index (χ1v) is 6.57. The van der Waals surface area contributed by atoms with Gasteiger partial charge in [-0.05, 0) is 19.8 Å². The summed E-state index contributed by atoms with van der Waals surface area (Å²) < 4.78 is 15.9. The van der Waals surface area contributed by atoms with Crippen LogP contribution in [0.25, 0.3) is 0 Å². The summed E-state index contributed by atoms with van der Waals surface area (Å²) in [6, 6.07) is 0. The molecule has 1 saturated heterocycles. The molecule has 1 heterocycles. The number of carbonyl (C=O) groups is 2. The van der Waals surface area contributed by atoms with Crippen molar-refractivity contribution in [2.24, 2.45) is 0 Å². The van der Waals surface area contributed by atoms with Crippen molar-refractivity contribution in [1.82, 2.24) is 0 Å². The van der Waals surface area contributed by atoms with Crippen molar-refractivity contribution in [3.63, 3.8) is 0 Å². The molecule has 1 aliphatic rings. The molecule has 0 aromatic rings. The summed E-state index contributed by atoms with van der Waals surface area (Å²) in [6.45, 7) is 5.27. The van der Waals surface area contributed by atoms with Crippen LogP contribution in [0.3, 0.4) is 0 Å². The van der Waals surface area contributed by atoms with Gasteiger partial charge in [-0.1, -0.05) is 6.92 Å². The Morgan fingerprint density at radius 2 is 1.89 bits per heavy atom. The Hall–Kier alpha value is -0.940. The monoisotopic (exact) mass is 258 g/mol. The van der Waals surface area contributed by atoms with Crippen molar-refractivity contribution in [3.8, 4) is 0 Å². The maximum Gasteiger partial charge on any atom is 0.313 e. The van der Waals surface area contributed by atoms with Gasteiger partial charge in [-0.2, -0.15) is 0 Å². The molecule has 0 amide bonds. The highest BCUT2D eigenvalue weighted by atomic mass is 16.7. The van der Waals surface area contributed by atoms with E-state index in [-0.39, 0.29) is 12.2 Å². The molecule has 1 fully saturated rings. The van der Waals surface area contributed by atoms with Gasteiger partial charge in [0.05, 0.1) is 19.8 Å². The molecule has 0 N–H and O–H groups in total. The van der Waals surface area contributed by atoms with Crippen molar-refractivity contribution in [3.05, 3.63) is 0 Å². The highest BCUT2D eigenvalue weighted by molar-refractivity contribution is 5.95. The van der Waals surface area contributed by atoms with Crippen LogP contribution in [-0.2, 0) is 23.8 Å². The highest BCUT2D eigenvalue weighted by Gasteiger charge is 2.33. The fourth-order valence-electron chi connectivity index (χ4n) is 2.04. The van der Waals surface area contributed by atoms with Gasteiger partial charge in [-0.25, -0.2) is 0 Å². The van der Waals surface area contributed by atoms with Crippen LogP contribution in [0, 0.1) is 0 Å². The highest BCUT2D eigenvalue weighted by Crippen LogP contribution is 2.28. The summed E-state index contributed by atoms with van der Waals surface area (Å²) in [6.07, 6.45) is 2.38. The van der Waals surface area contributed by atoms with Crippen LogP contribution >= 0.6 is 0 Å². The largest absolute Gasteiger partial charge is 0.466 e. The van der Waals surface area contributed by atoms with Crippen molar-refractivity contribution in [2.75, 3.05) is 19.8 Å². The van der Waals surface area contributed by atoms with Crippen LogP contribution in [-0.4, -0.2) is 37.4 Å². The first-order chi connectivity index (χ1) is 8.62. The van der Waals surface area contributed by atoms with E-state index in [1.807, 2.05) is 6.92 Å². The molecule has 5 heteroatoms. The number of ether oxygens (including phenoxy) is 3. The predicted octanol–water partition coefficient (Wildman–Crippen LogP) is 1.83. The zero-order valence-corrected chi connectivity index (χ0v) is 11.2. The number of ketones is 1. The third-order valence-corrected chi connectivity index (χ3v) is 3.01. The molecule has 0 bridgehead atoms. The molecule has 0 aromatic carbocycles. The Kier molecular flexibility index (Phi) is 6.29. The minimum atomic E-state index is -0.510. The predicted molar refractivity (Wildman–Crippen MR) is 65.0 cm³/mol. The summed E-state index contributed by atoms with van der Waals surface area (Å²) in [5.74, 6) is -1.04. The van der Waals surface area contributed by atoms with E-state index in [0.717, 1.165) is 6.42 Å². The van der Waals surface area contributed by atoms with Crippen LogP contribution in [0.15, 0.2) is 0 Å². The van der Waals surface area contributed by atoms with Gasteiger partial charge in [0, 0.05) is 12.8 Å². The van der Waals surface area contributed by atoms with Gasteiger partial charge < -0.3 is 14.2 Å². The second-order valence-electron chi connectivity index (χ2n) is 4.34. The molecular weight excluding hydrogens is 236 g/mol. The molecule has 0 saturated carbocycles. The van der Waals surface area contributed by atoms with Gasteiger partial charge in [0.1, 0.15) is 12.2 Å². The van der Waals surface area contributed by atoms with Crippen LogP contribution < -0.4 is 0 Å². The smallest absolute Gasteiger partial charge is 0.313 e. The lowest BCUT2D eigenvalue weighted by atomic mass is 10.0. The lowest BCUT2D eigenvalue weighted by Crippen LogP contribution is -2.29. The average Bonchev–Trinajstić information content (AvgIpc) is 2.78. The van der Waals surface area contributed by atoms with E-state index in [9.17, 15) is 9.59 Å². The Bertz CT molecular complexity index is 281. The lowest BCUT2D eigenvalue weighted by Gasteiger charge is -2.25. The summed E-state index contributed by atoms with van der Waals surface area (Å²) in [4.78, 5) is 22.6. The van der Waals surface area contributed by atoms with Gasteiger partial charge in [0.15, 0.2) is 5.79 Å². The standard InChI is InChI=1S/C13H22O5/c1-3-13(17-8-9-18-13)7-5-6-11(14)10-12(15)16-4-2/h3-10H2,1-2H3. The zero-order chi connectivity index (χ0) is 13.4. The quantitative estimate of drug-likeness (QED) is 0.491. The molecule has 0 unspecified atom stereocenters. The fourth-order valence-corrected chi connectivity index (χ4v) is 2.04. The average molecular weight is 258 g/mol. The van der Waals surface area contributed by atoms with Gasteiger partial charge >= 0.3 is 5.97 Å². The molecule has 5 nitrogen and oxygen atoms in total. The fraction of sp³-hybridized carbons (Fsp3) is 0.846. The summed E-state index contributed by atoms with van der Waals surface area (Å²) >= 11 is 0. The Morgan fingerprint density at radius 1 is 1.22 bits per heavy atom. The van der Waals surface area contributed by atoms with E-state index < -0.39 is 11.8 Å². The van der Waals surface area contributed by atoms with Crippen molar-refractivity contribution >= 4 is 11.8 Å².